The van der Waals surface area contributed by atoms with Crippen LogP contribution >= 0.6 is 0 Å². The van der Waals surface area contributed by atoms with Crippen LogP contribution in [0.5, 0.6) is 0 Å². The van der Waals surface area contributed by atoms with Crippen LogP contribution in [-0.4, -0.2) is 47.4 Å². The van der Waals surface area contributed by atoms with Crippen LogP contribution in [-0.2, 0) is 14.3 Å². The van der Waals surface area contributed by atoms with Gasteiger partial charge in [0.1, 0.15) is 5.60 Å². The van der Waals surface area contributed by atoms with E-state index in [4.69, 9.17) is 9.84 Å². The molecule has 0 saturated carbocycles. The Balaban J connectivity index is 2.41. The van der Waals surface area contributed by atoms with Gasteiger partial charge in [-0.15, -0.1) is 0 Å². The van der Waals surface area contributed by atoms with Gasteiger partial charge >= 0.3 is 5.97 Å². The Kier molecular flexibility index (Phi) is 4.47. The molecule has 1 heterocycles. The summed E-state index contributed by atoms with van der Waals surface area (Å²) in [6.07, 6.45) is 0.482. The van der Waals surface area contributed by atoms with E-state index in [1.165, 1.54) is 6.92 Å². The van der Waals surface area contributed by atoms with Crippen LogP contribution in [0.25, 0.3) is 0 Å². The number of carboxylic acid groups (broad SMARTS) is 1. The molecular weight excluding hydrogens is 226 g/mol. The van der Waals surface area contributed by atoms with Crippen LogP contribution < -0.4 is 5.32 Å². The molecule has 0 aromatic carbocycles. The third kappa shape index (κ3) is 3.67. The Hall–Kier alpha value is -1.14. The molecule has 3 N–H and O–H groups in total. The maximum Gasteiger partial charge on any atom is 0.307 e. The predicted molar refractivity (Wildman–Crippen MR) is 59.4 cm³/mol. The van der Waals surface area contributed by atoms with Crippen LogP contribution in [0.3, 0.4) is 0 Å². The number of hydrogen-bond acceptors (Lipinski definition) is 4. The molecule has 0 aromatic rings. The summed E-state index contributed by atoms with van der Waals surface area (Å²) in [5.74, 6) is -2.74. The zero-order valence-electron chi connectivity index (χ0n) is 10.1. The van der Waals surface area contributed by atoms with Crippen molar-refractivity contribution in [2.75, 3.05) is 19.8 Å². The lowest BCUT2D eigenvalue weighted by Crippen LogP contribution is -2.46. The van der Waals surface area contributed by atoms with Crippen LogP contribution in [0.15, 0.2) is 0 Å². The summed E-state index contributed by atoms with van der Waals surface area (Å²) in [5, 5.41) is 21.3. The molecule has 1 aliphatic heterocycles. The summed E-state index contributed by atoms with van der Waals surface area (Å²) in [6, 6.07) is 0. The SMILES string of the molecule is CC(C(=O)O)C(C)C(=O)NCC1(O)CCOC1. The number of rotatable bonds is 5. The van der Waals surface area contributed by atoms with E-state index >= 15 is 0 Å². The fraction of sp³-hybridized carbons (Fsp3) is 0.818. The van der Waals surface area contributed by atoms with Crippen molar-refractivity contribution in [2.45, 2.75) is 25.9 Å². The van der Waals surface area contributed by atoms with Crippen LogP contribution in [0.2, 0.25) is 0 Å². The van der Waals surface area contributed by atoms with Gasteiger partial charge in [0, 0.05) is 25.5 Å². The molecule has 6 heteroatoms. The highest BCUT2D eigenvalue weighted by Gasteiger charge is 2.34. The summed E-state index contributed by atoms with van der Waals surface area (Å²) < 4.78 is 5.04. The summed E-state index contributed by atoms with van der Waals surface area (Å²) in [5.41, 5.74) is -1.01. The number of aliphatic hydroxyl groups is 1. The minimum Gasteiger partial charge on any atom is -0.481 e. The van der Waals surface area contributed by atoms with Crippen molar-refractivity contribution < 1.29 is 24.5 Å². The van der Waals surface area contributed by atoms with Gasteiger partial charge in [-0.05, 0) is 0 Å². The zero-order chi connectivity index (χ0) is 13.1. The normalized spacial score (nSPS) is 27.5. The Morgan fingerprint density at radius 1 is 1.41 bits per heavy atom. The molecule has 1 aliphatic rings. The molecule has 0 radical (unpaired) electrons. The first-order valence-corrected chi connectivity index (χ1v) is 5.66. The van der Waals surface area contributed by atoms with E-state index in [0.717, 1.165) is 0 Å². The molecule has 0 spiro atoms. The van der Waals surface area contributed by atoms with E-state index in [-0.39, 0.29) is 19.1 Å². The molecule has 1 saturated heterocycles. The van der Waals surface area contributed by atoms with E-state index in [1.807, 2.05) is 0 Å². The average molecular weight is 245 g/mol. The van der Waals surface area contributed by atoms with E-state index in [9.17, 15) is 14.7 Å². The third-order valence-electron chi connectivity index (χ3n) is 3.23. The quantitative estimate of drug-likeness (QED) is 0.613. The summed E-state index contributed by atoms with van der Waals surface area (Å²) >= 11 is 0. The van der Waals surface area contributed by atoms with Crippen molar-refractivity contribution in [3.8, 4) is 0 Å². The lowest BCUT2D eigenvalue weighted by molar-refractivity contribution is -0.146. The number of aliphatic carboxylic acids is 1. The third-order valence-corrected chi connectivity index (χ3v) is 3.23. The lowest BCUT2D eigenvalue weighted by Gasteiger charge is -2.23. The average Bonchev–Trinajstić information content (AvgIpc) is 2.71. The molecule has 0 bridgehead atoms. The van der Waals surface area contributed by atoms with Crippen LogP contribution in [0, 0.1) is 11.8 Å². The molecule has 0 aromatic heterocycles. The van der Waals surface area contributed by atoms with Gasteiger partial charge in [-0.2, -0.15) is 0 Å². The molecule has 0 aliphatic carbocycles. The molecule has 1 amide bonds. The number of carbonyl (C=O) groups excluding carboxylic acids is 1. The number of carbonyl (C=O) groups is 2. The fourth-order valence-corrected chi connectivity index (χ4v) is 1.59. The van der Waals surface area contributed by atoms with Gasteiger partial charge in [-0.25, -0.2) is 0 Å². The van der Waals surface area contributed by atoms with Crippen molar-refractivity contribution in [1.29, 1.82) is 0 Å². The Labute approximate surface area is 100.0 Å². The first kappa shape index (κ1) is 13.9. The maximum atomic E-state index is 11.7. The van der Waals surface area contributed by atoms with Crippen molar-refractivity contribution >= 4 is 11.9 Å². The van der Waals surface area contributed by atoms with Gasteiger partial charge < -0.3 is 20.3 Å². The Morgan fingerprint density at radius 3 is 2.53 bits per heavy atom. The van der Waals surface area contributed by atoms with Gasteiger partial charge in [0.25, 0.3) is 0 Å². The minimum absolute atomic E-state index is 0.0997. The highest BCUT2D eigenvalue weighted by atomic mass is 16.5. The van der Waals surface area contributed by atoms with E-state index in [0.29, 0.717) is 13.0 Å². The Bertz CT molecular complexity index is 298. The van der Waals surface area contributed by atoms with Gasteiger partial charge in [0.05, 0.1) is 12.5 Å². The fourth-order valence-electron chi connectivity index (χ4n) is 1.59. The van der Waals surface area contributed by atoms with Crippen molar-refractivity contribution in [3.63, 3.8) is 0 Å². The van der Waals surface area contributed by atoms with E-state index in [1.54, 1.807) is 6.92 Å². The zero-order valence-corrected chi connectivity index (χ0v) is 10.1. The lowest BCUT2D eigenvalue weighted by atomic mass is 9.95. The largest absolute Gasteiger partial charge is 0.481 e. The van der Waals surface area contributed by atoms with Gasteiger partial charge in [0.15, 0.2) is 0 Å². The van der Waals surface area contributed by atoms with E-state index in [2.05, 4.69) is 5.32 Å². The number of ether oxygens (including phenoxy) is 1. The molecule has 3 unspecified atom stereocenters. The van der Waals surface area contributed by atoms with Crippen molar-refractivity contribution in [1.82, 2.24) is 5.32 Å². The highest BCUT2D eigenvalue weighted by molar-refractivity contribution is 5.84. The molecular formula is C11H19NO5. The monoisotopic (exact) mass is 245 g/mol. The second kappa shape index (κ2) is 5.46. The minimum atomic E-state index is -1.01. The number of amides is 1. The standard InChI is InChI=1S/C11H19NO5/c1-7(8(2)10(14)15)9(13)12-5-11(16)3-4-17-6-11/h7-8,16H,3-6H2,1-2H3,(H,12,13)(H,14,15). The second-order valence-corrected chi connectivity index (χ2v) is 4.66. The predicted octanol–water partition coefficient (Wildman–Crippen LogP) is -0.389. The van der Waals surface area contributed by atoms with Gasteiger partial charge in [-0.3, -0.25) is 9.59 Å². The first-order chi connectivity index (χ1) is 7.86. The van der Waals surface area contributed by atoms with Gasteiger partial charge in [-0.1, -0.05) is 13.8 Å². The van der Waals surface area contributed by atoms with Crippen molar-refractivity contribution in [3.05, 3.63) is 0 Å². The van der Waals surface area contributed by atoms with Crippen molar-refractivity contribution in [2.24, 2.45) is 11.8 Å². The maximum absolute atomic E-state index is 11.7. The highest BCUT2D eigenvalue weighted by Crippen LogP contribution is 2.18. The molecule has 98 valence electrons. The van der Waals surface area contributed by atoms with Gasteiger partial charge in [0.2, 0.25) is 5.91 Å². The Morgan fingerprint density at radius 2 is 2.06 bits per heavy atom. The second-order valence-electron chi connectivity index (χ2n) is 4.66. The molecule has 1 fully saturated rings. The first-order valence-electron chi connectivity index (χ1n) is 5.66. The molecule has 17 heavy (non-hydrogen) atoms. The molecule has 6 nitrogen and oxygen atoms in total. The molecule has 3 atom stereocenters. The van der Waals surface area contributed by atoms with Crippen LogP contribution in [0.1, 0.15) is 20.3 Å². The van der Waals surface area contributed by atoms with Crippen LogP contribution in [0.4, 0.5) is 0 Å². The smallest absolute Gasteiger partial charge is 0.307 e. The number of nitrogens with one attached hydrogen (secondary N) is 1. The number of carboxylic acids is 1. The van der Waals surface area contributed by atoms with E-state index < -0.39 is 23.4 Å². The topological polar surface area (TPSA) is 95.9 Å². The summed E-state index contributed by atoms with van der Waals surface area (Å²) in [7, 11) is 0. The summed E-state index contributed by atoms with van der Waals surface area (Å²) in [6.45, 7) is 3.83. The number of hydrogen-bond donors (Lipinski definition) is 3. The molecule has 1 rings (SSSR count). The summed E-state index contributed by atoms with van der Waals surface area (Å²) in [4.78, 5) is 22.4.